The highest BCUT2D eigenvalue weighted by Gasteiger charge is 2.44. The highest BCUT2D eigenvalue weighted by Crippen LogP contribution is 2.24. The molecule has 3 unspecified atom stereocenters. The van der Waals surface area contributed by atoms with Gasteiger partial charge in [0.15, 0.2) is 6.10 Å². The molecule has 1 fully saturated rings. The van der Waals surface area contributed by atoms with Gasteiger partial charge >= 0.3 is 17.9 Å². The molecule has 4 N–H and O–H groups in total. The normalized spacial score (nSPS) is 29.2. The third-order valence-electron chi connectivity index (χ3n) is 3.17. The molecular weight excluding hydrogens is 272 g/mol. The monoisotopic (exact) mass is 292 g/mol. The van der Waals surface area contributed by atoms with Crippen molar-refractivity contribution in [1.82, 2.24) is 0 Å². The van der Waals surface area contributed by atoms with Crippen LogP contribution in [0.15, 0.2) is 0 Å². The summed E-state index contributed by atoms with van der Waals surface area (Å²) in [6, 6.07) is 0. The number of rotatable bonds is 3. The molecule has 1 rings (SSSR count). The van der Waals surface area contributed by atoms with Gasteiger partial charge in [-0.3, -0.25) is 9.59 Å². The molecule has 1 saturated heterocycles. The van der Waals surface area contributed by atoms with Crippen molar-refractivity contribution in [3.8, 4) is 0 Å². The van der Waals surface area contributed by atoms with Gasteiger partial charge in [-0.25, -0.2) is 0 Å². The summed E-state index contributed by atoms with van der Waals surface area (Å²) in [6.07, 6.45) is -2.51. The standard InChI is InChI=1S/C12H20O8/c1-2-9-12(17,18)20-11(16)7(8(14)6-13)4-3-5-10(15)19-9/h7-9,13-14,17-18H,2-6H2,1H3. The lowest BCUT2D eigenvalue weighted by Crippen LogP contribution is -2.50. The Morgan fingerprint density at radius 3 is 2.60 bits per heavy atom. The van der Waals surface area contributed by atoms with Gasteiger partial charge in [0.25, 0.3) is 0 Å². The highest BCUT2D eigenvalue weighted by atomic mass is 16.8. The Balaban J connectivity index is 2.95. The van der Waals surface area contributed by atoms with E-state index in [4.69, 9.17) is 9.84 Å². The van der Waals surface area contributed by atoms with E-state index in [2.05, 4.69) is 4.74 Å². The maximum atomic E-state index is 11.8. The number of carbonyl (C=O) groups excluding carboxylic acids is 2. The summed E-state index contributed by atoms with van der Waals surface area (Å²) in [6.45, 7) is 0.851. The van der Waals surface area contributed by atoms with E-state index >= 15 is 0 Å². The summed E-state index contributed by atoms with van der Waals surface area (Å²) < 4.78 is 9.36. The maximum absolute atomic E-state index is 11.8. The van der Waals surface area contributed by atoms with Crippen molar-refractivity contribution >= 4 is 11.9 Å². The number of hydrogen-bond donors (Lipinski definition) is 4. The van der Waals surface area contributed by atoms with Crippen LogP contribution in [0.5, 0.6) is 0 Å². The average Bonchev–Trinajstić information content (AvgIpc) is 2.38. The molecule has 8 heteroatoms. The average molecular weight is 292 g/mol. The zero-order chi connectivity index (χ0) is 15.3. The second-order valence-electron chi connectivity index (χ2n) is 4.72. The molecule has 0 aromatic carbocycles. The van der Waals surface area contributed by atoms with E-state index in [9.17, 15) is 24.9 Å². The SMILES string of the molecule is CCC1OC(=O)CCCC(C(O)CO)C(=O)OC1(O)O. The molecule has 8 nitrogen and oxygen atoms in total. The van der Waals surface area contributed by atoms with Crippen molar-refractivity contribution in [2.24, 2.45) is 5.92 Å². The molecule has 0 amide bonds. The third kappa shape index (κ3) is 4.14. The van der Waals surface area contributed by atoms with Crippen LogP contribution in [0.2, 0.25) is 0 Å². The number of cyclic esters (lactones) is 2. The largest absolute Gasteiger partial charge is 0.452 e. The molecule has 3 atom stereocenters. The second kappa shape index (κ2) is 6.98. The highest BCUT2D eigenvalue weighted by molar-refractivity contribution is 5.74. The molecule has 1 heterocycles. The predicted molar refractivity (Wildman–Crippen MR) is 63.9 cm³/mol. The van der Waals surface area contributed by atoms with Gasteiger partial charge in [-0.1, -0.05) is 6.92 Å². The number of esters is 2. The van der Waals surface area contributed by atoms with Gasteiger partial charge in [0.1, 0.15) is 0 Å². The Bertz CT molecular complexity index is 353. The number of aliphatic hydroxyl groups excluding tert-OH is 2. The minimum Gasteiger partial charge on any atom is -0.452 e. The van der Waals surface area contributed by atoms with Gasteiger partial charge in [0.05, 0.1) is 18.6 Å². The van der Waals surface area contributed by atoms with Crippen LogP contribution in [0.25, 0.3) is 0 Å². The Kier molecular flexibility index (Phi) is 5.88. The van der Waals surface area contributed by atoms with Crippen LogP contribution in [0.4, 0.5) is 0 Å². The Hall–Kier alpha value is -1.22. The topological polar surface area (TPSA) is 134 Å². The van der Waals surface area contributed by atoms with Gasteiger partial charge in [0, 0.05) is 6.42 Å². The molecule has 0 bridgehead atoms. The first-order valence-electron chi connectivity index (χ1n) is 6.47. The van der Waals surface area contributed by atoms with Crippen molar-refractivity contribution in [3.05, 3.63) is 0 Å². The molecule has 0 saturated carbocycles. The minimum absolute atomic E-state index is 0.0270. The van der Waals surface area contributed by atoms with E-state index in [1.54, 1.807) is 0 Å². The van der Waals surface area contributed by atoms with Crippen LogP contribution >= 0.6 is 0 Å². The lowest BCUT2D eigenvalue weighted by atomic mass is 9.96. The Morgan fingerprint density at radius 1 is 1.40 bits per heavy atom. The molecule has 0 aliphatic carbocycles. The fourth-order valence-corrected chi connectivity index (χ4v) is 1.99. The number of aliphatic hydroxyl groups is 4. The summed E-state index contributed by atoms with van der Waals surface area (Å²) in [4.78, 5) is 23.3. The summed E-state index contributed by atoms with van der Waals surface area (Å²) in [5.41, 5.74) is 0. The van der Waals surface area contributed by atoms with Gasteiger partial charge < -0.3 is 29.9 Å². The molecule has 0 spiro atoms. The number of hydrogen-bond acceptors (Lipinski definition) is 8. The smallest absolute Gasteiger partial charge is 0.363 e. The van der Waals surface area contributed by atoms with Crippen LogP contribution in [0.1, 0.15) is 32.6 Å². The summed E-state index contributed by atoms with van der Waals surface area (Å²) in [7, 11) is 0. The molecule has 20 heavy (non-hydrogen) atoms. The van der Waals surface area contributed by atoms with Crippen LogP contribution in [-0.2, 0) is 19.1 Å². The molecule has 1 aliphatic rings. The summed E-state index contributed by atoms with van der Waals surface area (Å²) in [5.74, 6) is -5.82. The van der Waals surface area contributed by atoms with Crippen LogP contribution < -0.4 is 0 Å². The lowest BCUT2D eigenvalue weighted by Gasteiger charge is -2.32. The molecule has 0 aromatic heterocycles. The molecule has 0 radical (unpaired) electrons. The van der Waals surface area contributed by atoms with Crippen molar-refractivity contribution in [2.45, 2.75) is 50.8 Å². The molecule has 116 valence electrons. The Morgan fingerprint density at radius 2 is 2.05 bits per heavy atom. The molecular formula is C12H20O8. The third-order valence-corrected chi connectivity index (χ3v) is 3.17. The van der Waals surface area contributed by atoms with Gasteiger partial charge in [0.2, 0.25) is 0 Å². The van der Waals surface area contributed by atoms with E-state index in [1.807, 2.05) is 0 Å². The van der Waals surface area contributed by atoms with Gasteiger partial charge in [-0.2, -0.15) is 0 Å². The van der Waals surface area contributed by atoms with Crippen molar-refractivity contribution in [1.29, 1.82) is 0 Å². The fraction of sp³-hybridized carbons (Fsp3) is 0.833. The van der Waals surface area contributed by atoms with Crippen molar-refractivity contribution < 1.29 is 39.5 Å². The van der Waals surface area contributed by atoms with Crippen molar-refractivity contribution in [3.63, 3.8) is 0 Å². The first-order chi connectivity index (χ1) is 9.31. The van der Waals surface area contributed by atoms with Crippen molar-refractivity contribution in [2.75, 3.05) is 6.61 Å². The van der Waals surface area contributed by atoms with Crippen LogP contribution in [0.3, 0.4) is 0 Å². The number of ether oxygens (including phenoxy) is 2. The summed E-state index contributed by atoms with van der Waals surface area (Å²) >= 11 is 0. The van der Waals surface area contributed by atoms with E-state index in [0.717, 1.165) is 0 Å². The van der Waals surface area contributed by atoms with Gasteiger partial charge in [-0.15, -0.1) is 0 Å². The predicted octanol–water partition coefficient (Wildman–Crippen LogP) is -1.36. The quantitative estimate of drug-likeness (QED) is 0.370. The first kappa shape index (κ1) is 16.8. The molecule has 0 aromatic rings. The first-order valence-corrected chi connectivity index (χ1v) is 6.47. The van der Waals surface area contributed by atoms with Gasteiger partial charge in [-0.05, 0) is 19.3 Å². The zero-order valence-electron chi connectivity index (χ0n) is 11.2. The van der Waals surface area contributed by atoms with Crippen LogP contribution in [-0.4, -0.2) is 57.2 Å². The molecule has 1 aliphatic heterocycles. The van der Waals surface area contributed by atoms with E-state index in [1.165, 1.54) is 6.92 Å². The zero-order valence-corrected chi connectivity index (χ0v) is 11.2. The number of carbonyl (C=O) groups is 2. The van der Waals surface area contributed by atoms with E-state index in [-0.39, 0.29) is 25.7 Å². The summed E-state index contributed by atoms with van der Waals surface area (Å²) in [5, 5.41) is 37.9. The van der Waals surface area contributed by atoms with E-state index in [0.29, 0.717) is 0 Å². The van der Waals surface area contributed by atoms with E-state index < -0.39 is 42.6 Å². The Labute approximate surface area is 115 Å². The maximum Gasteiger partial charge on any atom is 0.363 e. The minimum atomic E-state index is -2.97. The van der Waals surface area contributed by atoms with Crippen LogP contribution in [0, 0.1) is 5.92 Å². The lowest BCUT2D eigenvalue weighted by molar-refractivity contribution is -0.361. The fourth-order valence-electron chi connectivity index (χ4n) is 1.99. The second-order valence-corrected chi connectivity index (χ2v) is 4.72.